The van der Waals surface area contributed by atoms with Crippen molar-refractivity contribution in [2.45, 2.75) is 6.18 Å². The van der Waals surface area contributed by atoms with Crippen LogP contribution in [0.1, 0.15) is 5.69 Å². The van der Waals surface area contributed by atoms with Gasteiger partial charge in [0.05, 0.1) is 22.8 Å². The van der Waals surface area contributed by atoms with Gasteiger partial charge in [0.2, 0.25) is 0 Å². The number of alkyl halides is 3. The standard InChI is InChI=1S/C12H7F3N4O/c13-12(14,15)10-8(5-18-19-10)9-3-6-1-2-16-11(20)7(6)4-17-9/h1-5H,(H,16,20)(H,18,19). The molecule has 0 unspecified atom stereocenters. The van der Waals surface area contributed by atoms with E-state index in [9.17, 15) is 18.0 Å². The number of pyridine rings is 2. The van der Waals surface area contributed by atoms with Gasteiger partial charge in [-0.05, 0) is 17.5 Å². The van der Waals surface area contributed by atoms with Gasteiger partial charge in [0.15, 0.2) is 0 Å². The summed E-state index contributed by atoms with van der Waals surface area (Å²) in [6.07, 6.45) is -0.814. The van der Waals surface area contributed by atoms with E-state index in [1.807, 2.05) is 5.10 Å². The van der Waals surface area contributed by atoms with E-state index in [0.29, 0.717) is 10.8 Å². The minimum Gasteiger partial charge on any atom is -0.329 e. The maximum atomic E-state index is 12.8. The predicted molar refractivity (Wildman–Crippen MR) is 64.9 cm³/mol. The fourth-order valence-electron chi connectivity index (χ4n) is 1.93. The molecule has 3 aromatic rings. The Labute approximate surface area is 109 Å². The van der Waals surface area contributed by atoms with Gasteiger partial charge >= 0.3 is 6.18 Å². The Kier molecular flexibility index (Phi) is 2.60. The molecule has 0 amide bonds. The molecule has 3 aromatic heterocycles. The zero-order chi connectivity index (χ0) is 14.3. The summed E-state index contributed by atoms with van der Waals surface area (Å²) < 4.78 is 38.4. The van der Waals surface area contributed by atoms with Crippen LogP contribution < -0.4 is 5.56 Å². The number of rotatable bonds is 1. The molecule has 0 aliphatic rings. The van der Waals surface area contributed by atoms with Gasteiger partial charge in [0, 0.05) is 12.4 Å². The number of fused-ring (bicyclic) bond motifs is 1. The summed E-state index contributed by atoms with van der Waals surface area (Å²) >= 11 is 0. The third kappa shape index (κ3) is 1.94. The minimum absolute atomic E-state index is 0.101. The van der Waals surface area contributed by atoms with E-state index in [0.717, 1.165) is 6.20 Å². The highest BCUT2D eigenvalue weighted by atomic mass is 19.4. The Morgan fingerprint density at radius 1 is 1.20 bits per heavy atom. The molecule has 8 heteroatoms. The zero-order valence-electron chi connectivity index (χ0n) is 9.82. The van der Waals surface area contributed by atoms with Crippen molar-refractivity contribution in [2.75, 3.05) is 0 Å². The number of aromatic nitrogens is 4. The van der Waals surface area contributed by atoms with Crippen molar-refractivity contribution in [2.24, 2.45) is 0 Å². The molecule has 0 fully saturated rings. The second kappa shape index (κ2) is 4.19. The van der Waals surface area contributed by atoms with Gasteiger partial charge < -0.3 is 4.98 Å². The Balaban J connectivity index is 2.21. The highest BCUT2D eigenvalue weighted by molar-refractivity contribution is 5.84. The number of nitrogens with one attached hydrogen (secondary N) is 2. The topological polar surface area (TPSA) is 74.4 Å². The first-order valence-corrected chi connectivity index (χ1v) is 5.55. The third-order valence-electron chi connectivity index (χ3n) is 2.86. The molecule has 3 heterocycles. The molecule has 0 aliphatic carbocycles. The van der Waals surface area contributed by atoms with Crippen molar-refractivity contribution in [3.8, 4) is 11.3 Å². The van der Waals surface area contributed by atoms with Crippen molar-refractivity contribution in [1.82, 2.24) is 20.2 Å². The second-order valence-corrected chi connectivity index (χ2v) is 4.12. The van der Waals surface area contributed by atoms with Crippen molar-refractivity contribution in [1.29, 1.82) is 0 Å². The lowest BCUT2D eigenvalue weighted by atomic mass is 10.1. The fraction of sp³-hybridized carbons (Fsp3) is 0.0833. The molecule has 20 heavy (non-hydrogen) atoms. The predicted octanol–water partition coefficient (Wildman–Crippen LogP) is 2.33. The molecule has 0 aliphatic heterocycles. The molecule has 2 N–H and O–H groups in total. The van der Waals surface area contributed by atoms with Crippen LogP contribution in [0.15, 0.2) is 35.5 Å². The van der Waals surface area contributed by atoms with E-state index in [-0.39, 0.29) is 16.8 Å². The van der Waals surface area contributed by atoms with Crippen molar-refractivity contribution < 1.29 is 13.2 Å². The van der Waals surface area contributed by atoms with Gasteiger partial charge in [-0.15, -0.1) is 0 Å². The van der Waals surface area contributed by atoms with Crippen LogP contribution in [0.25, 0.3) is 22.0 Å². The van der Waals surface area contributed by atoms with E-state index in [4.69, 9.17) is 0 Å². The average Bonchev–Trinajstić information content (AvgIpc) is 2.87. The molecule has 0 aromatic carbocycles. The molecule has 0 radical (unpaired) electrons. The third-order valence-corrected chi connectivity index (χ3v) is 2.86. The monoisotopic (exact) mass is 280 g/mol. The first kappa shape index (κ1) is 12.4. The molecule has 102 valence electrons. The number of hydrogen-bond acceptors (Lipinski definition) is 3. The first-order valence-electron chi connectivity index (χ1n) is 5.55. The Morgan fingerprint density at radius 3 is 2.75 bits per heavy atom. The fourth-order valence-corrected chi connectivity index (χ4v) is 1.93. The minimum atomic E-state index is -4.55. The zero-order valence-corrected chi connectivity index (χ0v) is 9.82. The smallest absolute Gasteiger partial charge is 0.329 e. The number of aromatic amines is 2. The Morgan fingerprint density at radius 2 is 2.00 bits per heavy atom. The van der Waals surface area contributed by atoms with E-state index < -0.39 is 11.9 Å². The van der Waals surface area contributed by atoms with Crippen molar-refractivity contribution in [3.63, 3.8) is 0 Å². The second-order valence-electron chi connectivity index (χ2n) is 4.12. The van der Waals surface area contributed by atoms with Gasteiger partial charge in [-0.2, -0.15) is 18.3 Å². The largest absolute Gasteiger partial charge is 0.433 e. The van der Waals surface area contributed by atoms with Crippen LogP contribution in [0, 0.1) is 0 Å². The number of H-pyrrole nitrogens is 2. The lowest BCUT2D eigenvalue weighted by molar-refractivity contribution is -0.140. The van der Waals surface area contributed by atoms with Crippen LogP contribution >= 0.6 is 0 Å². The normalized spacial score (nSPS) is 11.9. The maximum absolute atomic E-state index is 12.8. The van der Waals surface area contributed by atoms with Crippen LogP contribution in [0.2, 0.25) is 0 Å². The lowest BCUT2D eigenvalue weighted by Gasteiger charge is -2.07. The summed E-state index contributed by atoms with van der Waals surface area (Å²) in [5.41, 5.74) is -1.36. The summed E-state index contributed by atoms with van der Waals surface area (Å²) in [6, 6.07) is 3.01. The van der Waals surface area contributed by atoms with E-state index in [1.54, 1.807) is 6.07 Å². The summed E-state index contributed by atoms with van der Waals surface area (Å²) in [6.45, 7) is 0. The molecule has 0 saturated carbocycles. The SMILES string of the molecule is O=c1[nH]ccc2cc(-c3cn[nH]c3C(F)(F)F)ncc12. The highest BCUT2D eigenvalue weighted by Crippen LogP contribution is 2.34. The summed E-state index contributed by atoms with van der Waals surface area (Å²) in [5, 5.41) is 6.15. The van der Waals surface area contributed by atoms with Crippen LogP contribution in [-0.4, -0.2) is 20.2 Å². The highest BCUT2D eigenvalue weighted by Gasteiger charge is 2.36. The van der Waals surface area contributed by atoms with E-state index in [2.05, 4.69) is 15.1 Å². The Hall–Kier alpha value is -2.64. The van der Waals surface area contributed by atoms with Crippen LogP contribution in [0.4, 0.5) is 13.2 Å². The van der Waals surface area contributed by atoms with Crippen LogP contribution in [-0.2, 0) is 6.18 Å². The molecule has 0 atom stereocenters. The van der Waals surface area contributed by atoms with Crippen LogP contribution in [0.3, 0.4) is 0 Å². The van der Waals surface area contributed by atoms with Crippen LogP contribution in [0.5, 0.6) is 0 Å². The molecule has 0 spiro atoms. The van der Waals surface area contributed by atoms with E-state index >= 15 is 0 Å². The van der Waals surface area contributed by atoms with Gasteiger partial charge in [0.1, 0.15) is 5.69 Å². The van der Waals surface area contributed by atoms with Gasteiger partial charge in [-0.25, -0.2) is 0 Å². The van der Waals surface area contributed by atoms with Crippen molar-refractivity contribution >= 4 is 10.8 Å². The maximum Gasteiger partial charge on any atom is 0.433 e. The molecule has 5 nitrogen and oxygen atoms in total. The molecular weight excluding hydrogens is 273 g/mol. The van der Waals surface area contributed by atoms with E-state index in [1.165, 1.54) is 18.5 Å². The van der Waals surface area contributed by atoms with Crippen molar-refractivity contribution in [3.05, 3.63) is 46.8 Å². The molecule has 0 saturated heterocycles. The summed E-state index contributed by atoms with van der Waals surface area (Å²) in [4.78, 5) is 17.9. The molecular formula is C12H7F3N4O. The quantitative estimate of drug-likeness (QED) is 0.718. The first-order chi connectivity index (χ1) is 9.47. The number of halogens is 3. The van der Waals surface area contributed by atoms with Gasteiger partial charge in [-0.3, -0.25) is 14.9 Å². The Bertz CT molecular complexity index is 834. The summed E-state index contributed by atoms with van der Waals surface area (Å²) in [5.74, 6) is 0. The number of hydrogen-bond donors (Lipinski definition) is 2. The average molecular weight is 280 g/mol. The lowest BCUT2D eigenvalue weighted by Crippen LogP contribution is -2.08. The number of nitrogens with zero attached hydrogens (tertiary/aromatic N) is 2. The molecule has 0 bridgehead atoms. The molecule has 3 rings (SSSR count). The van der Waals surface area contributed by atoms with Gasteiger partial charge in [0.25, 0.3) is 5.56 Å². The summed E-state index contributed by atoms with van der Waals surface area (Å²) in [7, 11) is 0. The van der Waals surface area contributed by atoms with Gasteiger partial charge in [-0.1, -0.05) is 0 Å².